The molecule has 0 atom stereocenters. The van der Waals surface area contributed by atoms with Crippen molar-refractivity contribution in [2.75, 3.05) is 40.5 Å². The van der Waals surface area contributed by atoms with Crippen molar-refractivity contribution in [3.63, 3.8) is 0 Å². The van der Waals surface area contributed by atoms with Crippen LogP contribution >= 0.6 is 0 Å². The first-order valence-electron chi connectivity index (χ1n) is 6.65. The van der Waals surface area contributed by atoms with E-state index in [0.717, 1.165) is 17.1 Å². The molecule has 1 aliphatic heterocycles. The second-order valence-electron chi connectivity index (χ2n) is 5.40. The molecule has 0 amide bonds. The van der Waals surface area contributed by atoms with Crippen molar-refractivity contribution in [3.05, 3.63) is 0 Å². The van der Waals surface area contributed by atoms with Crippen LogP contribution in [0.15, 0.2) is 0 Å². The highest BCUT2D eigenvalue weighted by atomic mass is 32.2. The number of esters is 1. The van der Waals surface area contributed by atoms with Crippen LogP contribution in [0.4, 0.5) is 0 Å². The summed E-state index contributed by atoms with van der Waals surface area (Å²) < 4.78 is 37.6. The highest BCUT2D eigenvalue weighted by Gasteiger charge is 2.30. The summed E-state index contributed by atoms with van der Waals surface area (Å²) in [4.78, 5) is 11.0. The van der Waals surface area contributed by atoms with Gasteiger partial charge in [-0.1, -0.05) is 6.92 Å². The molecule has 0 aromatic heterocycles. The molecule has 118 valence electrons. The van der Waals surface area contributed by atoms with Crippen LogP contribution in [0.2, 0.25) is 0 Å². The first-order chi connectivity index (χ1) is 9.29. The van der Waals surface area contributed by atoms with E-state index in [1.807, 2.05) is 6.92 Å². The lowest BCUT2D eigenvalue weighted by Gasteiger charge is -2.34. The van der Waals surface area contributed by atoms with Crippen molar-refractivity contribution >= 4 is 16.2 Å². The molecule has 0 radical (unpaired) electrons. The van der Waals surface area contributed by atoms with Crippen LogP contribution < -0.4 is 4.72 Å². The first kappa shape index (κ1) is 17.4. The van der Waals surface area contributed by atoms with Gasteiger partial charge in [0.15, 0.2) is 0 Å². The third-order valence-electron chi connectivity index (χ3n) is 3.65. The summed E-state index contributed by atoms with van der Waals surface area (Å²) in [5.41, 5.74) is -0.0749. The molecule has 0 aromatic rings. The molecule has 20 heavy (non-hydrogen) atoms. The fourth-order valence-corrected chi connectivity index (χ4v) is 2.97. The molecule has 1 heterocycles. The summed E-state index contributed by atoms with van der Waals surface area (Å²) in [6.07, 6.45) is 1.71. The van der Waals surface area contributed by atoms with Crippen LogP contribution in [0, 0.1) is 5.41 Å². The van der Waals surface area contributed by atoms with Gasteiger partial charge in [-0.15, -0.1) is 0 Å². The Bertz CT molecular complexity index is 418. The predicted molar refractivity (Wildman–Crippen MR) is 74.3 cm³/mol. The Morgan fingerprint density at radius 3 is 2.55 bits per heavy atom. The van der Waals surface area contributed by atoms with Crippen LogP contribution in [0.3, 0.4) is 0 Å². The molecule has 1 N–H and O–H groups in total. The average Bonchev–Trinajstić information content (AvgIpc) is 2.43. The Labute approximate surface area is 120 Å². The van der Waals surface area contributed by atoms with Gasteiger partial charge in [0.2, 0.25) is 0 Å². The number of carbonyl (C=O) groups is 1. The summed E-state index contributed by atoms with van der Waals surface area (Å²) in [6, 6.07) is 0. The van der Waals surface area contributed by atoms with Gasteiger partial charge in [0.05, 0.1) is 13.5 Å². The Kier molecular flexibility index (Phi) is 6.38. The van der Waals surface area contributed by atoms with E-state index in [9.17, 15) is 13.2 Å². The van der Waals surface area contributed by atoms with Crippen molar-refractivity contribution in [2.45, 2.75) is 26.2 Å². The minimum absolute atomic E-state index is 0.0407. The average molecular weight is 308 g/mol. The second-order valence-corrected chi connectivity index (χ2v) is 7.26. The van der Waals surface area contributed by atoms with E-state index in [1.54, 1.807) is 0 Å². The molecule has 0 unspecified atom stereocenters. The zero-order chi connectivity index (χ0) is 15.2. The number of hydrogen-bond donors (Lipinski definition) is 1. The zero-order valence-corrected chi connectivity index (χ0v) is 13.2. The maximum absolute atomic E-state index is 12.0. The number of nitrogens with zero attached hydrogens (tertiary/aromatic N) is 1. The quantitative estimate of drug-likeness (QED) is 0.676. The lowest BCUT2D eigenvalue weighted by molar-refractivity contribution is -0.140. The summed E-state index contributed by atoms with van der Waals surface area (Å²) >= 11 is 0. The summed E-state index contributed by atoms with van der Waals surface area (Å²) in [6.45, 7) is 3.85. The fraction of sp³-hybridized carbons (Fsp3) is 0.917. The third-order valence-corrected chi connectivity index (χ3v) is 5.16. The van der Waals surface area contributed by atoms with E-state index in [1.165, 1.54) is 14.2 Å². The molecule has 0 aromatic carbocycles. The van der Waals surface area contributed by atoms with Gasteiger partial charge in [0.1, 0.15) is 0 Å². The lowest BCUT2D eigenvalue weighted by atomic mass is 9.83. The standard InChI is InChI=1S/C12H24N2O5S/c1-12(5-8-19-9-6-12)10-13-20(16,17)14(2)7-4-11(15)18-3/h13H,4-10H2,1-3H3. The van der Waals surface area contributed by atoms with Gasteiger partial charge in [-0.05, 0) is 18.3 Å². The molecule has 7 nitrogen and oxygen atoms in total. The van der Waals surface area contributed by atoms with E-state index >= 15 is 0 Å². The number of methoxy groups -OCH3 is 1. The second kappa shape index (κ2) is 7.35. The van der Waals surface area contributed by atoms with E-state index in [-0.39, 0.29) is 18.4 Å². The molecular formula is C12H24N2O5S. The van der Waals surface area contributed by atoms with Crippen LogP contribution in [0.1, 0.15) is 26.2 Å². The lowest BCUT2D eigenvalue weighted by Crippen LogP contribution is -2.45. The van der Waals surface area contributed by atoms with E-state index in [2.05, 4.69) is 9.46 Å². The minimum atomic E-state index is -3.57. The smallest absolute Gasteiger partial charge is 0.306 e. The van der Waals surface area contributed by atoms with Gasteiger partial charge in [0, 0.05) is 33.4 Å². The Morgan fingerprint density at radius 2 is 2.00 bits per heavy atom. The normalized spacial score (nSPS) is 19.0. The van der Waals surface area contributed by atoms with Gasteiger partial charge < -0.3 is 9.47 Å². The SMILES string of the molecule is COC(=O)CCN(C)S(=O)(=O)NCC1(C)CCOCC1. The van der Waals surface area contributed by atoms with Crippen molar-refractivity contribution in [2.24, 2.45) is 5.41 Å². The van der Waals surface area contributed by atoms with E-state index < -0.39 is 16.2 Å². The fourth-order valence-electron chi connectivity index (χ4n) is 1.89. The van der Waals surface area contributed by atoms with Crippen molar-refractivity contribution < 1.29 is 22.7 Å². The summed E-state index contributed by atoms with van der Waals surface area (Å²) in [5, 5.41) is 0. The van der Waals surface area contributed by atoms with Gasteiger partial charge in [-0.3, -0.25) is 4.79 Å². The molecule has 1 saturated heterocycles. The number of ether oxygens (including phenoxy) is 2. The van der Waals surface area contributed by atoms with E-state index in [0.29, 0.717) is 19.8 Å². The number of carbonyl (C=O) groups excluding carboxylic acids is 1. The number of nitrogens with one attached hydrogen (secondary N) is 1. The maximum Gasteiger partial charge on any atom is 0.306 e. The largest absolute Gasteiger partial charge is 0.469 e. The van der Waals surface area contributed by atoms with Crippen LogP contribution in [0.25, 0.3) is 0 Å². The molecule has 0 saturated carbocycles. The molecule has 1 aliphatic rings. The monoisotopic (exact) mass is 308 g/mol. The minimum Gasteiger partial charge on any atom is -0.469 e. The summed E-state index contributed by atoms with van der Waals surface area (Å²) in [5.74, 6) is -0.427. The number of hydrogen-bond acceptors (Lipinski definition) is 5. The zero-order valence-electron chi connectivity index (χ0n) is 12.3. The van der Waals surface area contributed by atoms with Crippen molar-refractivity contribution in [1.82, 2.24) is 9.03 Å². The molecule has 0 spiro atoms. The van der Waals surface area contributed by atoms with Crippen LogP contribution in [0.5, 0.6) is 0 Å². The molecule has 0 aliphatic carbocycles. The first-order valence-corrected chi connectivity index (χ1v) is 8.09. The highest BCUT2D eigenvalue weighted by molar-refractivity contribution is 7.87. The summed E-state index contributed by atoms with van der Waals surface area (Å²) in [7, 11) is -0.846. The molecule has 0 bridgehead atoms. The van der Waals surface area contributed by atoms with Crippen LogP contribution in [-0.2, 0) is 24.5 Å². The van der Waals surface area contributed by atoms with Crippen LogP contribution in [-0.4, -0.2) is 59.2 Å². The van der Waals surface area contributed by atoms with Crippen molar-refractivity contribution in [1.29, 1.82) is 0 Å². The van der Waals surface area contributed by atoms with E-state index in [4.69, 9.17) is 4.74 Å². The molecule has 1 fully saturated rings. The predicted octanol–water partition coefficient (Wildman–Crippen LogP) is 0.132. The highest BCUT2D eigenvalue weighted by Crippen LogP contribution is 2.28. The maximum atomic E-state index is 12.0. The molecule has 1 rings (SSSR count). The van der Waals surface area contributed by atoms with Crippen molar-refractivity contribution in [3.8, 4) is 0 Å². The Balaban J connectivity index is 2.45. The third kappa shape index (κ3) is 5.35. The van der Waals surface area contributed by atoms with Gasteiger partial charge in [-0.25, -0.2) is 4.72 Å². The molecular weight excluding hydrogens is 284 g/mol. The topological polar surface area (TPSA) is 84.9 Å². The van der Waals surface area contributed by atoms with Gasteiger partial charge >= 0.3 is 5.97 Å². The number of rotatable bonds is 7. The Hall–Kier alpha value is -0.700. The van der Waals surface area contributed by atoms with Gasteiger partial charge in [0.25, 0.3) is 10.2 Å². The molecule has 8 heteroatoms. The Morgan fingerprint density at radius 1 is 1.40 bits per heavy atom. The van der Waals surface area contributed by atoms with Gasteiger partial charge in [-0.2, -0.15) is 12.7 Å².